The Morgan fingerprint density at radius 1 is 0.733 bits per heavy atom. The van der Waals surface area contributed by atoms with Crippen LogP contribution in [0.25, 0.3) is 0 Å². The molecule has 0 unspecified atom stereocenters. The van der Waals surface area contributed by atoms with Gasteiger partial charge in [0.15, 0.2) is 0 Å². The van der Waals surface area contributed by atoms with Gasteiger partial charge in [0.2, 0.25) is 0 Å². The molecule has 0 radical (unpaired) electrons. The smallest absolute Gasteiger partial charge is 0.261 e. The minimum atomic E-state index is -3.85. The van der Waals surface area contributed by atoms with Gasteiger partial charge in [-0.15, -0.1) is 11.8 Å². The average Bonchev–Trinajstić information content (AvgIpc) is 2.71. The highest BCUT2D eigenvalue weighted by molar-refractivity contribution is 7.98. The molecule has 3 aromatic carbocycles. The lowest BCUT2D eigenvalue weighted by Gasteiger charge is -2.11. The van der Waals surface area contributed by atoms with Crippen molar-refractivity contribution in [3.63, 3.8) is 0 Å². The summed E-state index contributed by atoms with van der Waals surface area (Å²) in [6, 6.07) is 16.8. The molecule has 0 aromatic heterocycles. The molecule has 0 aliphatic carbocycles. The van der Waals surface area contributed by atoms with Crippen molar-refractivity contribution in [3.05, 3.63) is 77.3 Å². The van der Waals surface area contributed by atoms with Gasteiger partial charge in [-0.25, -0.2) is 16.8 Å². The van der Waals surface area contributed by atoms with Crippen molar-refractivity contribution in [1.29, 1.82) is 0 Å². The van der Waals surface area contributed by atoms with Crippen LogP contribution in [0.3, 0.4) is 0 Å². The summed E-state index contributed by atoms with van der Waals surface area (Å²) in [4.78, 5) is 1.06. The first-order chi connectivity index (χ1) is 14.1. The van der Waals surface area contributed by atoms with Crippen LogP contribution in [0.4, 0.5) is 11.4 Å². The highest BCUT2D eigenvalue weighted by Gasteiger charge is 2.17. The summed E-state index contributed by atoms with van der Waals surface area (Å²) in [7, 11) is -7.63. The number of anilines is 2. The first kappa shape index (κ1) is 22.5. The fourth-order valence-electron chi connectivity index (χ4n) is 2.54. The van der Waals surface area contributed by atoms with E-state index < -0.39 is 20.0 Å². The molecule has 0 saturated heterocycles. The Balaban J connectivity index is 1.77. The number of benzene rings is 3. The van der Waals surface area contributed by atoms with Crippen molar-refractivity contribution in [2.75, 3.05) is 15.7 Å². The molecule has 0 atom stereocenters. The number of sulfonamides is 2. The van der Waals surface area contributed by atoms with Gasteiger partial charge >= 0.3 is 0 Å². The summed E-state index contributed by atoms with van der Waals surface area (Å²) >= 11 is 7.55. The predicted octanol–water partition coefficient (Wildman–Crippen LogP) is 4.97. The van der Waals surface area contributed by atoms with E-state index in [-0.39, 0.29) is 15.5 Å². The van der Waals surface area contributed by atoms with E-state index in [9.17, 15) is 16.8 Å². The van der Waals surface area contributed by atoms with Crippen molar-refractivity contribution in [3.8, 4) is 0 Å². The second kappa shape index (κ2) is 8.89. The zero-order valence-electron chi connectivity index (χ0n) is 16.1. The predicted molar refractivity (Wildman–Crippen MR) is 122 cm³/mol. The van der Waals surface area contributed by atoms with Crippen LogP contribution in [0.15, 0.2) is 81.4 Å². The maximum absolute atomic E-state index is 12.6. The van der Waals surface area contributed by atoms with Gasteiger partial charge in [-0.3, -0.25) is 9.44 Å². The van der Waals surface area contributed by atoms with E-state index in [1.54, 1.807) is 24.3 Å². The lowest BCUT2D eigenvalue weighted by atomic mass is 10.2. The molecular formula is C20H19ClN2O4S3. The highest BCUT2D eigenvalue weighted by atomic mass is 35.5. The molecule has 0 saturated carbocycles. The Bertz CT molecular complexity index is 1260. The number of hydrogen-bond donors (Lipinski definition) is 2. The van der Waals surface area contributed by atoms with Crippen molar-refractivity contribution in [2.45, 2.75) is 21.6 Å². The van der Waals surface area contributed by atoms with Crippen LogP contribution in [0, 0.1) is 6.92 Å². The molecule has 30 heavy (non-hydrogen) atoms. The third kappa shape index (κ3) is 5.28. The number of thioether (sulfide) groups is 1. The lowest BCUT2D eigenvalue weighted by molar-refractivity contribution is 0.600. The normalized spacial score (nSPS) is 11.8. The van der Waals surface area contributed by atoms with E-state index in [0.717, 1.165) is 10.5 Å². The first-order valence-corrected chi connectivity index (χ1v) is 13.2. The number of hydrogen-bond acceptors (Lipinski definition) is 5. The molecule has 158 valence electrons. The summed E-state index contributed by atoms with van der Waals surface area (Å²) in [5, 5.41) is 0.450. The van der Waals surface area contributed by atoms with Crippen molar-refractivity contribution in [2.24, 2.45) is 0 Å². The lowest BCUT2D eigenvalue weighted by Crippen LogP contribution is -2.14. The van der Waals surface area contributed by atoms with Gasteiger partial charge < -0.3 is 0 Å². The van der Waals surface area contributed by atoms with Crippen LogP contribution in [-0.4, -0.2) is 23.1 Å². The maximum Gasteiger partial charge on any atom is 0.261 e. The van der Waals surface area contributed by atoms with Gasteiger partial charge in [0.05, 0.1) is 15.5 Å². The third-order valence-corrected chi connectivity index (χ3v) is 8.16. The second-order valence-corrected chi connectivity index (χ2v) is 11.0. The maximum atomic E-state index is 12.6. The molecule has 0 aliphatic heterocycles. The van der Waals surface area contributed by atoms with Gasteiger partial charge in [0, 0.05) is 15.6 Å². The molecule has 0 fully saturated rings. The summed E-state index contributed by atoms with van der Waals surface area (Å²) in [5.74, 6) is 0. The van der Waals surface area contributed by atoms with Gasteiger partial charge in [-0.05, 0) is 79.4 Å². The standard InChI is InChI=1S/C20H19ClN2O4S3/c1-14-3-4-16(13-20(14)21)23-30(26,27)18-9-5-15(6-10-18)22-29(24,25)19-11-7-17(28-2)8-12-19/h3-13,22-23H,1-2H3. The summed E-state index contributed by atoms with van der Waals surface area (Å²) in [6.07, 6.45) is 1.90. The minimum absolute atomic E-state index is 0.00790. The fourth-order valence-corrected chi connectivity index (χ4v) is 5.24. The molecule has 0 spiro atoms. The van der Waals surface area contributed by atoms with Crippen LogP contribution in [0.5, 0.6) is 0 Å². The molecule has 0 amide bonds. The summed E-state index contributed by atoms with van der Waals surface area (Å²) in [6.45, 7) is 1.82. The number of halogens is 1. The first-order valence-electron chi connectivity index (χ1n) is 8.67. The molecule has 10 heteroatoms. The van der Waals surface area contributed by atoms with Gasteiger partial charge in [0.1, 0.15) is 0 Å². The Labute approximate surface area is 185 Å². The SMILES string of the molecule is CSc1ccc(S(=O)(=O)Nc2ccc(S(=O)(=O)Nc3ccc(C)c(Cl)c3)cc2)cc1. The Hall–Kier alpha value is -2.20. The Kier molecular flexibility index (Phi) is 6.66. The van der Waals surface area contributed by atoms with Crippen molar-refractivity contribution in [1.82, 2.24) is 0 Å². The summed E-state index contributed by atoms with van der Waals surface area (Å²) < 4.78 is 55.1. The van der Waals surface area contributed by atoms with E-state index in [1.807, 2.05) is 13.2 Å². The summed E-state index contributed by atoms with van der Waals surface area (Å²) in [5.41, 5.74) is 1.42. The fraction of sp³-hybridized carbons (Fsp3) is 0.100. The molecule has 0 heterocycles. The highest BCUT2D eigenvalue weighted by Crippen LogP contribution is 2.24. The van der Waals surface area contributed by atoms with E-state index in [2.05, 4.69) is 9.44 Å². The molecule has 3 rings (SSSR count). The van der Waals surface area contributed by atoms with E-state index in [1.165, 1.54) is 54.2 Å². The van der Waals surface area contributed by atoms with Crippen molar-refractivity contribution < 1.29 is 16.8 Å². The van der Waals surface area contributed by atoms with E-state index >= 15 is 0 Å². The third-order valence-electron chi connectivity index (χ3n) is 4.21. The monoisotopic (exact) mass is 482 g/mol. The van der Waals surface area contributed by atoms with Crippen LogP contribution in [0.2, 0.25) is 5.02 Å². The topological polar surface area (TPSA) is 92.3 Å². The van der Waals surface area contributed by atoms with Crippen LogP contribution < -0.4 is 9.44 Å². The van der Waals surface area contributed by atoms with Crippen LogP contribution >= 0.6 is 23.4 Å². The second-order valence-electron chi connectivity index (χ2n) is 6.37. The molecule has 2 N–H and O–H groups in total. The molecule has 0 bridgehead atoms. The molecule has 6 nitrogen and oxygen atoms in total. The number of aryl methyl sites for hydroxylation is 1. The van der Waals surface area contributed by atoms with Gasteiger partial charge in [-0.2, -0.15) is 0 Å². The van der Waals surface area contributed by atoms with Crippen LogP contribution in [0.1, 0.15) is 5.56 Å². The zero-order valence-corrected chi connectivity index (χ0v) is 19.3. The number of rotatable bonds is 7. The van der Waals surface area contributed by atoms with E-state index in [0.29, 0.717) is 10.7 Å². The molecular weight excluding hydrogens is 464 g/mol. The Morgan fingerprint density at radius 2 is 1.20 bits per heavy atom. The Morgan fingerprint density at radius 3 is 1.70 bits per heavy atom. The minimum Gasteiger partial charge on any atom is -0.280 e. The number of nitrogens with one attached hydrogen (secondary N) is 2. The molecule has 0 aliphatic rings. The van der Waals surface area contributed by atoms with Crippen molar-refractivity contribution >= 4 is 54.8 Å². The van der Waals surface area contributed by atoms with Gasteiger partial charge in [0.25, 0.3) is 20.0 Å². The average molecular weight is 483 g/mol. The quantitative estimate of drug-likeness (QED) is 0.464. The van der Waals surface area contributed by atoms with Gasteiger partial charge in [-0.1, -0.05) is 17.7 Å². The zero-order chi connectivity index (χ0) is 21.9. The molecule has 3 aromatic rings. The van der Waals surface area contributed by atoms with E-state index in [4.69, 9.17) is 11.6 Å². The van der Waals surface area contributed by atoms with Crippen LogP contribution in [-0.2, 0) is 20.0 Å². The largest absolute Gasteiger partial charge is 0.280 e.